The van der Waals surface area contributed by atoms with E-state index in [-0.39, 0.29) is 0 Å². The molecule has 2 heteroatoms. The van der Waals surface area contributed by atoms with Gasteiger partial charge in [0.1, 0.15) is 0 Å². The largest absolute Gasteiger partial charge is 0.390 e. The molecule has 2 rings (SSSR count). The summed E-state index contributed by atoms with van der Waals surface area (Å²) >= 11 is 0. The highest BCUT2D eigenvalue weighted by molar-refractivity contribution is 5.19. The Morgan fingerprint density at radius 1 is 1.62 bits per heavy atom. The van der Waals surface area contributed by atoms with Crippen molar-refractivity contribution in [2.45, 2.75) is 37.8 Å². The van der Waals surface area contributed by atoms with Gasteiger partial charge in [-0.2, -0.15) is 0 Å². The van der Waals surface area contributed by atoms with Crippen molar-refractivity contribution < 1.29 is 5.11 Å². The van der Waals surface area contributed by atoms with Crippen LogP contribution in [0.4, 0.5) is 0 Å². The maximum atomic E-state index is 9.63. The van der Waals surface area contributed by atoms with Crippen molar-refractivity contribution in [2.75, 3.05) is 6.54 Å². The van der Waals surface area contributed by atoms with E-state index < -0.39 is 5.60 Å². The number of allylic oxidation sites excluding steroid dienone is 1. The summed E-state index contributed by atoms with van der Waals surface area (Å²) in [5, 5.41) is 9.63. The molecule has 13 heavy (non-hydrogen) atoms. The first-order valence-electron chi connectivity index (χ1n) is 4.93. The Labute approximate surface area is 79.6 Å². The molecular weight excluding hydrogens is 162 g/mol. The van der Waals surface area contributed by atoms with Crippen LogP contribution in [0.25, 0.3) is 0 Å². The van der Waals surface area contributed by atoms with Crippen molar-refractivity contribution in [3.05, 3.63) is 24.4 Å². The van der Waals surface area contributed by atoms with Gasteiger partial charge in [-0.25, -0.2) is 0 Å². The fraction of sp³-hybridized carbons (Fsp3) is 0.636. The number of hydrogen-bond donors (Lipinski definition) is 1. The third kappa shape index (κ3) is 1.63. The topological polar surface area (TPSA) is 23.5 Å². The number of aliphatic hydroxyl groups is 1. The van der Waals surface area contributed by atoms with Gasteiger partial charge in [0.05, 0.1) is 5.60 Å². The minimum absolute atomic E-state index is 0.424. The molecule has 0 saturated heterocycles. The van der Waals surface area contributed by atoms with E-state index >= 15 is 0 Å². The van der Waals surface area contributed by atoms with E-state index in [1.807, 2.05) is 6.92 Å². The minimum atomic E-state index is -0.424. The van der Waals surface area contributed by atoms with Gasteiger partial charge in [0, 0.05) is 18.3 Å². The average molecular weight is 179 g/mol. The lowest BCUT2D eigenvalue weighted by molar-refractivity contribution is -0.0689. The van der Waals surface area contributed by atoms with E-state index in [0.717, 1.165) is 31.5 Å². The van der Waals surface area contributed by atoms with E-state index in [1.54, 1.807) is 0 Å². The van der Waals surface area contributed by atoms with Crippen LogP contribution in [0.5, 0.6) is 0 Å². The SMILES string of the molecule is C=C1C=CCCN1C1CC(C)(O)C1. The highest BCUT2D eigenvalue weighted by Crippen LogP contribution is 2.37. The van der Waals surface area contributed by atoms with Crippen molar-refractivity contribution >= 4 is 0 Å². The Morgan fingerprint density at radius 3 is 2.85 bits per heavy atom. The molecule has 0 amide bonds. The maximum Gasteiger partial charge on any atom is 0.0658 e. The van der Waals surface area contributed by atoms with Gasteiger partial charge >= 0.3 is 0 Å². The molecule has 0 atom stereocenters. The van der Waals surface area contributed by atoms with Crippen LogP contribution >= 0.6 is 0 Å². The lowest BCUT2D eigenvalue weighted by Gasteiger charge is -2.48. The second-order valence-electron chi connectivity index (χ2n) is 4.43. The molecule has 1 heterocycles. The molecule has 0 aromatic rings. The summed E-state index contributed by atoms with van der Waals surface area (Å²) in [6.07, 6.45) is 7.13. The summed E-state index contributed by atoms with van der Waals surface area (Å²) in [6, 6.07) is 0.521. The first-order chi connectivity index (χ1) is 6.08. The predicted octanol–water partition coefficient (Wildman–Crippen LogP) is 1.68. The number of rotatable bonds is 1. The van der Waals surface area contributed by atoms with Crippen molar-refractivity contribution in [3.63, 3.8) is 0 Å². The standard InChI is InChI=1S/C11H17NO/c1-9-5-3-4-6-12(9)10-7-11(2,13)8-10/h3,5,10,13H,1,4,6-8H2,2H3. The van der Waals surface area contributed by atoms with E-state index in [0.29, 0.717) is 6.04 Å². The lowest BCUT2D eigenvalue weighted by atomic mass is 9.76. The number of hydrogen-bond acceptors (Lipinski definition) is 2. The molecule has 0 radical (unpaired) electrons. The van der Waals surface area contributed by atoms with E-state index in [9.17, 15) is 5.11 Å². The molecule has 1 saturated carbocycles. The summed E-state index contributed by atoms with van der Waals surface area (Å²) in [5.41, 5.74) is 0.679. The zero-order valence-electron chi connectivity index (χ0n) is 8.16. The molecule has 0 unspecified atom stereocenters. The highest BCUT2D eigenvalue weighted by Gasteiger charge is 2.41. The van der Waals surface area contributed by atoms with Gasteiger partial charge in [-0.15, -0.1) is 0 Å². The van der Waals surface area contributed by atoms with Crippen molar-refractivity contribution in [3.8, 4) is 0 Å². The molecular formula is C11H17NO. The Morgan fingerprint density at radius 2 is 2.31 bits per heavy atom. The van der Waals surface area contributed by atoms with Gasteiger partial charge in [0.15, 0.2) is 0 Å². The molecule has 2 aliphatic rings. The quantitative estimate of drug-likeness (QED) is 0.662. The Balaban J connectivity index is 1.96. The molecule has 1 aliphatic carbocycles. The van der Waals surface area contributed by atoms with Crippen LogP contribution in [0.1, 0.15) is 26.2 Å². The second-order valence-corrected chi connectivity index (χ2v) is 4.43. The molecule has 0 aromatic carbocycles. The van der Waals surface area contributed by atoms with Crippen LogP contribution in [0.3, 0.4) is 0 Å². The molecule has 1 N–H and O–H groups in total. The highest BCUT2D eigenvalue weighted by atomic mass is 16.3. The smallest absolute Gasteiger partial charge is 0.0658 e. The molecule has 72 valence electrons. The second kappa shape index (κ2) is 2.88. The third-order valence-electron chi connectivity index (χ3n) is 3.01. The first kappa shape index (κ1) is 8.82. The van der Waals surface area contributed by atoms with Gasteiger partial charge in [0.2, 0.25) is 0 Å². The van der Waals surface area contributed by atoms with Gasteiger partial charge < -0.3 is 10.0 Å². The minimum Gasteiger partial charge on any atom is -0.390 e. The normalized spacial score (nSPS) is 39.1. The lowest BCUT2D eigenvalue weighted by Crippen LogP contribution is -2.53. The molecule has 2 nitrogen and oxygen atoms in total. The van der Waals surface area contributed by atoms with Crippen LogP contribution in [0.15, 0.2) is 24.4 Å². The predicted molar refractivity (Wildman–Crippen MR) is 53.2 cm³/mol. The summed E-state index contributed by atoms with van der Waals surface area (Å²) in [4.78, 5) is 2.32. The van der Waals surface area contributed by atoms with Gasteiger partial charge in [0.25, 0.3) is 0 Å². The van der Waals surface area contributed by atoms with E-state index in [1.165, 1.54) is 0 Å². The molecule has 0 spiro atoms. The summed E-state index contributed by atoms with van der Waals surface area (Å²) in [6.45, 7) is 6.98. The zero-order valence-corrected chi connectivity index (χ0v) is 8.16. The van der Waals surface area contributed by atoms with Gasteiger partial charge in [-0.05, 0) is 32.3 Å². The van der Waals surface area contributed by atoms with Crippen molar-refractivity contribution in [1.82, 2.24) is 4.90 Å². The van der Waals surface area contributed by atoms with E-state index in [2.05, 4.69) is 23.6 Å². The molecule has 0 bridgehead atoms. The Kier molecular flexibility index (Phi) is 1.95. The van der Waals surface area contributed by atoms with Crippen LogP contribution in [-0.2, 0) is 0 Å². The van der Waals surface area contributed by atoms with Crippen molar-refractivity contribution in [2.24, 2.45) is 0 Å². The van der Waals surface area contributed by atoms with Crippen LogP contribution < -0.4 is 0 Å². The summed E-state index contributed by atoms with van der Waals surface area (Å²) in [5.74, 6) is 0. The van der Waals surface area contributed by atoms with Crippen LogP contribution in [-0.4, -0.2) is 28.2 Å². The Bertz CT molecular complexity index is 247. The fourth-order valence-electron chi connectivity index (χ4n) is 2.27. The maximum absolute atomic E-state index is 9.63. The average Bonchev–Trinajstić information content (AvgIpc) is 2.01. The monoisotopic (exact) mass is 179 g/mol. The molecule has 1 aliphatic heterocycles. The number of nitrogens with zero attached hydrogens (tertiary/aromatic N) is 1. The summed E-state index contributed by atoms with van der Waals surface area (Å²) in [7, 11) is 0. The van der Waals surface area contributed by atoms with Gasteiger partial charge in [-0.1, -0.05) is 12.7 Å². The third-order valence-corrected chi connectivity index (χ3v) is 3.01. The van der Waals surface area contributed by atoms with Gasteiger partial charge in [-0.3, -0.25) is 0 Å². The zero-order chi connectivity index (χ0) is 9.47. The summed E-state index contributed by atoms with van der Waals surface area (Å²) < 4.78 is 0. The van der Waals surface area contributed by atoms with Crippen LogP contribution in [0, 0.1) is 0 Å². The molecule has 0 aromatic heterocycles. The van der Waals surface area contributed by atoms with Crippen molar-refractivity contribution in [1.29, 1.82) is 0 Å². The fourth-order valence-corrected chi connectivity index (χ4v) is 2.27. The first-order valence-corrected chi connectivity index (χ1v) is 4.93. The van der Waals surface area contributed by atoms with Crippen LogP contribution in [0.2, 0.25) is 0 Å². The van der Waals surface area contributed by atoms with E-state index in [4.69, 9.17) is 0 Å². The molecule has 1 fully saturated rings. The Hall–Kier alpha value is -0.760.